The minimum absolute atomic E-state index is 0.606. The number of alkyl halides is 5. The van der Waals surface area contributed by atoms with Crippen molar-refractivity contribution >= 4 is 5.97 Å². The van der Waals surface area contributed by atoms with Gasteiger partial charge in [0, 0.05) is 6.42 Å². The topological polar surface area (TPSA) is 37.3 Å². The summed E-state index contributed by atoms with van der Waals surface area (Å²) in [6.07, 6.45) is -5.97. The molecular weight excluding hydrogens is 259 g/mol. The number of hydrogen-bond donors (Lipinski definition) is 1. The van der Waals surface area contributed by atoms with Gasteiger partial charge in [0.15, 0.2) is 5.41 Å². The summed E-state index contributed by atoms with van der Waals surface area (Å²) in [6.45, 7) is 0. The van der Waals surface area contributed by atoms with Gasteiger partial charge < -0.3 is 5.11 Å². The second-order valence-corrected chi connectivity index (χ2v) is 4.14. The Morgan fingerprint density at radius 1 is 1.22 bits per heavy atom. The van der Waals surface area contributed by atoms with Crippen molar-refractivity contribution in [1.82, 2.24) is 0 Å². The molecule has 1 aliphatic carbocycles. The Hall–Kier alpha value is -1.66. The average molecular weight is 266 g/mol. The third kappa shape index (κ3) is 1.57. The van der Waals surface area contributed by atoms with Crippen molar-refractivity contribution in [3.8, 4) is 0 Å². The normalized spacial score (nSPS) is 25.8. The zero-order valence-electron chi connectivity index (χ0n) is 8.76. The highest BCUT2D eigenvalue weighted by atomic mass is 19.4. The maximum Gasteiger partial charge on any atom is 0.416 e. The smallest absolute Gasteiger partial charge is 0.416 e. The maximum absolute atomic E-state index is 13.2. The summed E-state index contributed by atoms with van der Waals surface area (Å²) < 4.78 is 64.5. The molecule has 1 unspecified atom stereocenters. The Balaban J connectivity index is 2.63. The van der Waals surface area contributed by atoms with E-state index in [1.54, 1.807) is 0 Å². The third-order valence-electron chi connectivity index (χ3n) is 3.04. The van der Waals surface area contributed by atoms with Crippen molar-refractivity contribution in [3.63, 3.8) is 0 Å². The molecule has 1 aromatic rings. The van der Waals surface area contributed by atoms with Crippen LogP contribution in [0.15, 0.2) is 24.3 Å². The van der Waals surface area contributed by atoms with Gasteiger partial charge in [-0.05, 0) is 11.6 Å². The SMILES string of the molecule is O=C(O)C1(c2ccccc2C(F)(F)F)CC1(F)F. The van der Waals surface area contributed by atoms with Crippen LogP contribution in [0.5, 0.6) is 0 Å². The molecule has 7 heteroatoms. The van der Waals surface area contributed by atoms with E-state index in [0.29, 0.717) is 6.07 Å². The quantitative estimate of drug-likeness (QED) is 0.835. The molecule has 0 aromatic heterocycles. The fraction of sp³-hybridized carbons (Fsp3) is 0.364. The van der Waals surface area contributed by atoms with Gasteiger partial charge in [-0.25, -0.2) is 8.78 Å². The lowest BCUT2D eigenvalue weighted by Crippen LogP contribution is -2.30. The molecule has 98 valence electrons. The Morgan fingerprint density at radius 3 is 2.11 bits per heavy atom. The summed E-state index contributed by atoms with van der Waals surface area (Å²) >= 11 is 0. The van der Waals surface area contributed by atoms with Crippen molar-refractivity contribution in [2.45, 2.75) is 23.9 Å². The third-order valence-corrected chi connectivity index (χ3v) is 3.04. The number of carbonyl (C=O) groups is 1. The zero-order valence-corrected chi connectivity index (χ0v) is 8.76. The van der Waals surface area contributed by atoms with Gasteiger partial charge in [0.05, 0.1) is 5.56 Å². The predicted octanol–water partition coefficient (Wildman–Crippen LogP) is 3.07. The highest BCUT2D eigenvalue weighted by Gasteiger charge is 2.78. The van der Waals surface area contributed by atoms with Crippen LogP contribution in [0.2, 0.25) is 0 Å². The van der Waals surface area contributed by atoms with Crippen molar-refractivity contribution in [1.29, 1.82) is 0 Å². The molecule has 1 aliphatic rings. The number of carboxylic acids is 1. The molecule has 1 fully saturated rings. The minimum Gasteiger partial charge on any atom is -0.480 e. The molecule has 2 rings (SSSR count). The number of aliphatic carboxylic acids is 1. The summed E-state index contributed by atoms with van der Waals surface area (Å²) in [7, 11) is 0. The second kappa shape index (κ2) is 3.43. The van der Waals surface area contributed by atoms with Crippen LogP contribution in [0.4, 0.5) is 22.0 Å². The summed E-state index contributed by atoms with van der Waals surface area (Å²) in [5.41, 5.74) is -4.96. The number of halogens is 5. The molecule has 18 heavy (non-hydrogen) atoms. The maximum atomic E-state index is 13.2. The van der Waals surface area contributed by atoms with E-state index in [9.17, 15) is 26.7 Å². The first-order valence-electron chi connectivity index (χ1n) is 4.91. The molecule has 1 N–H and O–H groups in total. The first-order valence-corrected chi connectivity index (χ1v) is 4.91. The van der Waals surface area contributed by atoms with E-state index in [-0.39, 0.29) is 0 Å². The molecule has 0 saturated heterocycles. The van der Waals surface area contributed by atoms with Crippen LogP contribution < -0.4 is 0 Å². The molecule has 0 heterocycles. The van der Waals surface area contributed by atoms with Crippen molar-refractivity contribution in [2.24, 2.45) is 0 Å². The highest BCUT2D eigenvalue weighted by molar-refractivity contribution is 5.88. The van der Waals surface area contributed by atoms with Gasteiger partial charge >= 0.3 is 12.1 Å². The molecule has 0 radical (unpaired) electrons. The zero-order chi connectivity index (χ0) is 13.8. The molecule has 1 atom stereocenters. The monoisotopic (exact) mass is 266 g/mol. The summed E-state index contributed by atoms with van der Waals surface area (Å²) in [5, 5.41) is 8.84. The van der Waals surface area contributed by atoms with Crippen molar-refractivity contribution < 1.29 is 31.9 Å². The van der Waals surface area contributed by atoms with E-state index in [0.717, 1.165) is 18.2 Å². The van der Waals surface area contributed by atoms with Gasteiger partial charge in [-0.1, -0.05) is 18.2 Å². The van der Waals surface area contributed by atoms with E-state index in [4.69, 9.17) is 5.11 Å². The van der Waals surface area contributed by atoms with E-state index in [2.05, 4.69) is 0 Å². The highest BCUT2D eigenvalue weighted by Crippen LogP contribution is 2.63. The summed E-state index contributed by atoms with van der Waals surface area (Å²) in [4.78, 5) is 10.9. The number of hydrogen-bond acceptors (Lipinski definition) is 1. The van der Waals surface area contributed by atoms with Gasteiger partial charge in [0.2, 0.25) is 0 Å². The Kier molecular flexibility index (Phi) is 2.43. The van der Waals surface area contributed by atoms with E-state index in [1.807, 2.05) is 0 Å². The van der Waals surface area contributed by atoms with Crippen LogP contribution in [0, 0.1) is 0 Å². The standard InChI is InChI=1S/C11H7F5O2/c12-10(13)5-9(10,8(17)18)6-3-1-2-4-7(6)11(14,15)16/h1-4H,5H2,(H,17,18). The molecule has 2 nitrogen and oxygen atoms in total. The first-order chi connectivity index (χ1) is 8.13. The van der Waals surface area contributed by atoms with Gasteiger partial charge in [-0.2, -0.15) is 13.2 Å². The van der Waals surface area contributed by atoms with Crippen LogP contribution in [0.1, 0.15) is 17.5 Å². The minimum atomic E-state index is -4.86. The summed E-state index contributed by atoms with van der Waals surface area (Å²) in [5.74, 6) is -5.59. The van der Waals surface area contributed by atoms with E-state index in [1.165, 1.54) is 0 Å². The van der Waals surface area contributed by atoms with Crippen LogP contribution in [-0.2, 0) is 16.4 Å². The lowest BCUT2D eigenvalue weighted by molar-refractivity contribution is -0.145. The van der Waals surface area contributed by atoms with Crippen molar-refractivity contribution in [2.75, 3.05) is 0 Å². The van der Waals surface area contributed by atoms with Gasteiger partial charge in [0.1, 0.15) is 0 Å². The number of benzene rings is 1. The largest absolute Gasteiger partial charge is 0.480 e. The van der Waals surface area contributed by atoms with Crippen LogP contribution in [0.25, 0.3) is 0 Å². The van der Waals surface area contributed by atoms with E-state index >= 15 is 0 Å². The predicted molar refractivity (Wildman–Crippen MR) is 50.3 cm³/mol. The molecule has 0 amide bonds. The summed E-state index contributed by atoms with van der Waals surface area (Å²) in [6, 6.07) is 3.54. The van der Waals surface area contributed by atoms with E-state index < -0.39 is 41.0 Å². The number of carboxylic acid groups (broad SMARTS) is 1. The fourth-order valence-electron chi connectivity index (χ4n) is 2.03. The lowest BCUT2D eigenvalue weighted by atomic mass is 9.90. The van der Waals surface area contributed by atoms with Gasteiger partial charge in [-0.3, -0.25) is 4.79 Å². The Labute approximate surface area is 98.0 Å². The molecule has 0 bridgehead atoms. The second-order valence-electron chi connectivity index (χ2n) is 4.14. The lowest BCUT2D eigenvalue weighted by Gasteiger charge is -2.18. The first kappa shape index (κ1) is 12.8. The molecule has 0 aliphatic heterocycles. The molecule has 0 spiro atoms. The molecule has 1 aromatic carbocycles. The van der Waals surface area contributed by atoms with Crippen molar-refractivity contribution in [3.05, 3.63) is 35.4 Å². The van der Waals surface area contributed by atoms with Gasteiger partial charge in [-0.15, -0.1) is 0 Å². The average Bonchev–Trinajstić information content (AvgIpc) is 2.82. The Bertz CT molecular complexity index is 508. The fourth-order valence-corrected chi connectivity index (χ4v) is 2.03. The molecule has 1 saturated carbocycles. The van der Waals surface area contributed by atoms with Crippen LogP contribution in [-0.4, -0.2) is 17.0 Å². The van der Waals surface area contributed by atoms with Crippen LogP contribution in [0.3, 0.4) is 0 Å². The Morgan fingerprint density at radius 2 is 1.72 bits per heavy atom. The molecular formula is C11H7F5O2. The van der Waals surface area contributed by atoms with Crippen LogP contribution >= 0.6 is 0 Å². The number of rotatable bonds is 2. The van der Waals surface area contributed by atoms with Gasteiger partial charge in [0.25, 0.3) is 5.92 Å².